The summed E-state index contributed by atoms with van der Waals surface area (Å²) in [7, 11) is 0. The fourth-order valence-corrected chi connectivity index (χ4v) is 2.61. The van der Waals surface area contributed by atoms with Gasteiger partial charge in [0.25, 0.3) is 0 Å². The van der Waals surface area contributed by atoms with E-state index in [9.17, 15) is 10.2 Å². The minimum absolute atomic E-state index is 0.0626. The Balaban J connectivity index is 2.09. The van der Waals surface area contributed by atoms with E-state index >= 15 is 0 Å². The van der Waals surface area contributed by atoms with Crippen LogP contribution in [-0.2, 0) is 6.42 Å². The summed E-state index contributed by atoms with van der Waals surface area (Å²) >= 11 is 0. The first-order valence-corrected chi connectivity index (χ1v) is 7.62. The molecule has 2 aromatic carbocycles. The highest BCUT2D eigenvalue weighted by atomic mass is 16.3. The van der Waals surface area contributed by atoms with E-state index in [1.165, 1.54) is 18.9 Å². The first-order chi connectivity index (χ1) is 10.1. The lowest BCUT2D eigenvalue weighted by Crippen LogP contribution is -1.99. The monoisotopic (exact) mass is 285 g/mol. The molecule has 112 valence electrons. The van der Waals surface area contributed by atoms with E-state index in [0.717, 1.165) is 42.3 Å². The SMILES string of the molecule is CCCCCC(=N)CCc1cccc2c(O)c(O)ccc12. The molecule has 0 aliphatic carbocycles. The van der Waals surface area contributed by atoms with Gasteiger partial charge in [0.05, 0.1) is 0 Å². The summed E-state index contributed by atoms with van der Waals surface area (Å²) in [4.78, 5) is 0. The molecule has 2 aromatic rings. The topological polar surface area (TPSA) is 64.3 Å². The quantitative estimate of drug-likeness (QED) is 0.389. The first kappa shape index (κ1) is 15.4. The number of nitrogens with one attached hydrogen (secondary N) is 1. The molecular formula is C18H23NO2. The molecule has 21 heavy (non-hydrogen) atoms. The van der Waals surface area contributed by atoms with Gasteiger partial charge in [0.15, 0.2) is 11.5 Å². The smallest absolute Gasteiger partial charge is 0.165 e. The Labute approximate surface area is 125 Å². The van der Waals surface area contributed by atoms with Crippen LogP contribution in [0.1, 0.15) is 44.6 Å². The fourth-order valence-electron chi connectivity index (χ4n) is 2.61. The zero-order valence-corrected chi connectivity index (χ0v) is 12.5. The normalized spacial score (nSPS) is 10.9. The maximum atomic E-state index is 9.91. The van der Waals surface area contributed by atoms with Crippen LogP contribution in [0.3, 0.4) is 0 Å². The molecule has 0 radical (unpaired) electrons. The van der Waals surface area contributed by atoms with Crippen LogP contribution in [0, 0.1) is 5.41 Å². The van der Waals surface area contributed by atoms with Gasteiger partial charge in [-0.1, -0.05) is 44.0 Å². The van der Waals surface area contributed by atoms with Crippen LogP contribution in [0.5, 0.6) is 11.5 Å². The van der Waals surface area contributed by atoms with E-state index in [-0.39, 0.29) is 11.5 Å². The standard InChI is InChI=1S/C18H23NO2/c1-2-3-4-7-14(19)10-9-13-6-5-8-16-15(13)11-12-17(20)18(16)21/h5-6,8,11-12,19-21H,2-4,7,9-10H2,1H3. The number of rotatable bonds is 7. The van der Waals surface area contributed by atoms with Gasteiger partial charge >= 0.3 is 0 Å². The number of hydrogen-bond acceptors (Lipinski definition) is 3. The van der Waals surface area contributed by atoms with Crippen molar-refractivity contribution in [2.24, 2.45) is 0 Å². The minimum atomic E-state index is -0.0908. The first-order valence-electron chi connectivity index (χ1n) is 7.62. The van der Waals surface area contributed by atoms with Gasteiger partial charge in [-0.2, -0.15) is 0 Å². The Hall–Kier alpha value is -2.03. The van der Waals surface area contributed by atoms with Crippen LogP contribution >= 0.6 is 0 Å². The molecule has 2 rings (SSSR count). The molecule has 0 aliphatic rings. The van der Waals surface area contributed by atoms with Gasteiger partial charge in [-0.3, -0.25) is 0 Å². The lowest BCUT2D eigenvalue weighted by molar-refractivity contribution is 0.408. The van der Waals surface area contributed by atoms with Crippen molar-refractivity contribution < 1.29 is 10.2 Å². The Kier molecular flexibility index (Phi) is 5.20. The van der Waals surface area contributed by atoms with Crippen LogP contribution in [0.25, 0.3) is 10.8 Å². The zero-order valence-electron chi connectivity index (χ0n) is 12.5. The molecule has 0 amide bonds. The van der Waals surface area contributed by atoms with Crippen molar-refractivity contribution in [3.63, 3.8) is 0 Å². The third-order valence-electron chi connectivity index (χ3n) is 3.88. The molecule has 0 saturated carbocycles. The number of aryl methyl sites for hydroxylation is 1. The molecule has 0 heterocycles. The number of aromatic hydroxyl groups is 2. The molecule has 0 spiro atoms. The van der Waals surface area contributed by atoms with Crippen LogP contribution in [0.2, 0.25) is 0 Å². The Bertz CT molecular complexity index is 634. The Morgan fingerprint density at radius 2 is 1.81 bits per heavy atom. The van der Waals surface area contributed by atoms with Crippen molar-refractivity contribution in [3.05, 3.63) is 35.9 Å². The van der Waals surface area contributed by atoms with Crippen LogP contribution in [0.15, 0.2) is 30.3 Å². The van der Waals surface area contributed by atoms with Crippen molar-refractivity contribution in [2.75, 3.05) is 0 Å². The predicted molar refractivity (Wildman–Crippen MR) is 87.5 cm³/mol. The van der Waals surface area contributed by atoms with Gasteiger partial charge in [-0.25, -0.2) is 0 Å². The van der Waals surface area contributed by atoms with E-state index in [2.05, 4.69) is 6.92 Å². The molecule has 0 atom stereocenters. The number of benzene rings is 2. The number of fused-ring (bicyclic) bond motifs is 1. The highest BCUT2D eigenvalue weighted by molar-refractivity contribution is 5.93. The van der Waals surface area contributed by atoms with Gasteiger partial charge in [-0.05, 0) is 42.7 Å². The molecule has 3 nitrogen and oxygen atoms in total. The second-order valence-corrected chi connectivity index (χ2v) is 5.51. The molecule has 0 aliphatic heterocycles. The van der Waals surface area contributed by atoms with Gasteiger partial charge in [-0.15, -0.1) is 0 Å². The van der Waals surface area contributed by atoms with Crippen LogP contribution in [-0.4, -0.2) is 15.9 Å². The highest BCUT2D eigenvalue weighted by Crippen LogP contribution is 2.35. The van der Waals surface area contributed by atoms with E-state index in [1.54, 1.807) is 6.07 Å². The van der Waals surface area contributed by atoms with Gasteiger partial charge in [0, 0.05) is 11.1 Å². The Morgan fingerprint density at radius 3 is 2.57 bits per heavy atom. The molecule has 3 N–H and O–H groups in total. The van der Waals surface area contributed by atoms with Crippen molar-refractivity contribution in [1.82, 2.24) is 0 Å². The lowest BCUT2D eigenvalue weighted by atomic mass is 9.97. The average molecular weight is 285 g/mol. The van der Waals surface area contributed by atoms with Gasteiger partial charge in [0.2, 0.25) is 0 Å². The number of phenols is 2. The third-order valence-corrected chi connectivity index (χ3v) is 3.88. The molecule has 0 bridgehead atoms. The summed E-state index contributed by atoms with van der Waals surface area (Å²) in [5.41, 5.74) is 1.91. The van der Waals surface area contributed by atoms with E-state index < -0.39 is 0 Å². The Morgan fingerprint density at radius 1 is 1.00 bits per heavy atom. The summed E-state index contributed by atoms with van der Waals surface area (Å²) in [5.74, 6) is -0.153. The number of unbranched alkanes of at least 4 members (excludes halogenated alkanes) is 2. The van der Waals surface area contributed by atoms with Gasteiger partial charge in [0.1, 0.15) is 0 Å². The second-order valence-electron chi connectivity index (χ2n) is 5.51. The molecule has 3 heteroatoms. The zero-order chi connectivity index (χ0) is 15.2. The maximum absolute atomic E-state index is 9.91. The molecule has 0 unspecified atom stereocenters. The largest absolute Gasteiger partial charge is 0.504 e. The summed E-state index contributed by atoms with van der Waals surface area (Å²) in [5, 5.41) is 29.1. The summed E-state index contributed by atoms with van der Waals surface area (Å²) in [6.45, 7) is 2.17. The van der Waals surface area contributed by atoms with E-state index in [0.29, 0.717) is 5.39 Å². The third kappa shape index (κ3) is 3.75. The van der Waals surface area contributed by atoms with E-state index in [4.69, 9.17) is 5.41 Å². The summed E-state index contributed by atoms with van der Waals surface area (Å²) in [6, 6.07) is 9.07. The lowest BCUT2D eigenvalue weighted by Gasteiger charge is -2.09. The van der Waals surface area contributed by atoms with Crippen molar-refractivity contribution in [2.45, 2.75) is 45.4 Å². The highest BCUT2D eigenvalue weighted by Gasteiger charge is 2.08. The minimum Gasteiger partial charge on any atom is -0.504 e. The maximum Gasteiger partial charge on any atom is 0.165 e. The fraction of sp³-hybridized carbons (Fsp3) is 0.389. The van der Waals surface area contributed by atoms with Crippen molar-refractivity contribution in [3.8, 4) is 11.5 Å². The number of hydrogen-bond donors (Lipinski definition) is 3. The molecule has 0 aromatic heterocycles. The molecular weight excluding hydrogens is 262 g/mol. The predicted octanol–water partition coefficient (Wildman–Crippen LogP) is 4.78. The number of phenolic OH excluding ortho intramolecular Hbond substituents is 2. The molecule has 0 fully saturated rings. The van der Waals surface area contributed by atoms with Crippen molar-refractivity contribution >= 4 is 16.5 Å². The molecule has 0 saturated heterocycles. The summed E-state index contributed by atoms with van der Waals surface area (Å²) in [6.07, 6.45) is 5.89. The second kappa shape index (κ2) is 7.11. The van der Waals surface area contributed by atoms with Crippen LogP contribution in [0.4, 0.5) is 0 Å². The van der Waals surface area contributed by atoms with Crippen molar-refractivity contribution in [1.29, 1.82) is 5.41 Å². The summed E-state index contributed by atoms with van der Waals surface area (Å²) < 4.78 is 0. The van der Waals surface area contributed by atoms with Crippen LogP contribution < -0.4 is 0 Å². The average Bonchev–Trinajstić information content (AvgIpc) is 2.49. The van der Waals surface area contributed by atoms with Gasteiger partial charge < -0.3 is 15.6 Å². The van der Waals surface area contributed by atoms with E-state index in [1.807, 2.05) is 18.2 Å².